The molecule has 96 valence electrons. The molecule has 0 aliphatic rings. The Morgan fingerprint density at radius 2 is 2.06 bits per heavy atom. The number of benzene rings is 1. The Hall–Kier alpha value is -1.97. The quantitative estimate of drug-likeness (QED) is 0.902. The normalized spacial score (nSPS) is 10.9. The maximum atomic E-state index is 5.57. The van der Waals surface area contributed by atoms with Gasteiger partial charge in [-0.25, -0.2) is 0 Å². The van der Waals surface area contributed by atoms with E-state index in [1.807, 2.05) is 19.1 Å². The summed E-state index contributed by atoms with van der Waals surface area (Å²) in [4.78, 5) is 4.21. The van der Waals surface area contributed by atoms with Crippen molar-refractivity contribution in [2.45, 2.75) is 26.7 Å². The third-order valence-electron chi connectivity index (χ3n) is 2.94. The number of methoxy groups -OCH3 is 1. The molecule has 0 unspecified atom stereocenters. The number of hydrogen-bond acceptors (Lipinski definition) is 4. The lowest BCUT2D eigenvalue weighted by atomic mass is 9.98. The van der Waals surface area contributed by atoms with Crippen LogP contribution in [0.3, 0.4) is 0 Å². The standard InChI is InChI=1S/C14H18N2O2/c1-8(2)11-7-10(5-6-12(11)17-4)13-9(3)18-14(15)16-13/h5-8H,1-4H3,(H2,15,16). The Morgan fingerprint density at radius 1 is 1.33 bits per heavy atom. The monoisotopic (exact) mass is 246 g/mol. The summed E-state index contributed by atoms with van der Waals surface area (Å²) in [6.07, 6.45) is 0. The van der Waals surface area contributed by atoms with Crippen molar-refractivity contribution in [1.82, 2.24) is 4.98 Å². The summed E-state index contributed by atoms with van der Waals surface area (Å²) in [6, 6.07) is 6.20. The van der Waals surface area contributed by atoms with E-state index < -0.39 is 0 Å². The maximum absolute atomic E-state index is 5.57. The molecule has 0 aliphatic carbocycles. The van der Waals surface area contributed by atoms with Crippen LogP contribution in [0.15, 0.2) is 22.6 Å². The van der Waals surface area contributed by atoms with Gasteiger partial charge < -0.3 is 14.9 Å². The molecule has 0 saturated heterocycles. The van der Waals surface area contributed by atoms with Crippen LogP contribution >= 0.6 is 0 Å². The fourth-order valence-corrected chi connectivity index (χ4v) is 2.02. The van der Waals surface area contributed by atoms with Gasteiger partial charge in [-0.3, -0.25) is 0 Å². The van der Waals surface area contributed by atoms with Crippen molar-refractivity contribution >= 4 is 6.01 Å². The van der Waals surface area contributed by atoms with Gasteiger partial charge in [-0.2, -0.15) is 4.98 Å². The largest absolute Gasteiger partial charge is 0.496 e. The first kappa shape index (κ1) is 12.5. The molecule has 2 N–H and O–H groups in total. The highest BCUT2D eigenvalue weighted by Gasteiger charge is 2.14. The van der Waals surface area contributed by atoms with E-state index >= 15 is 0 Å². The third kappa shape index (κ3) is 2.18. The highest BCUT2D eigenvalue weighted by atomic mass is 16.5. The fourth-order valence-electron chi connectivity index (χ4n) is 2.02. The molecule has 2 rings (SSSR count). The Balaban J connectivity index is 2.53. The van der Waals surface area contributed by atoms with Crippen molar-refractivity contribution < 1.29 is 9.15 Å². The minimum atomic E-state index is 0.199. The van der Waals surface area contributed by atoms with Crippen LogP contribution < -0.4 is 10.5 Å². The Kier molecular flexibility index (Phi) is 3.28. The summed E-state index contributed by atoms with van der Waals surface area (Å²) in [6.45, 7) is 6.12. The molecular formula is C14H18N2O2. The summed E-state index contributed by atoms with van der Waals surface area (Å²) >= 11 is 0. The summed E-state index contributed by atoms with van der Waals surface area (Å²) in [7, 11) is 1.68. The number of nitrogen functional groups attached to an aromatic ring is 1. The van der Waals surface area contributed by atoms with Crippen LogP contribution in [-0.2, 0) is 0 Å². The van der Waals surface area contributed by atoms with Crippen LogP contribution in [0, 0.1) is 6.92 Å². The van der Waals surface area contributed by atoms with E-state index in [4.69, 9.17) is 14.9 Å². The van der Waals surface area contributed by atoms with Crippen LogP contribution in [0.5, 0.6) is 5.75 Å². The highest BCUT2D eigenvalue weighted by molar-refractivity contribution is 5.65. The lowest BCUT2D eigenvalue weighted by molar-refractivity contribution is 0.407. The zero-order valence-electron chi connectivity index (χ0n) is 11.2. The van der Waals surface area contributed by atoms with Crippen molar-refractivity contribution in [1.29, 1.82) is 0 Å². The van der Waals surface area contributed by atoms with Gasteiger partial charge in [-0.05, 0) is 36.6 Å². The van der Waals surface area contributed by atoms with E-state index in [1.165, 1.54) is 0 Å². The SMILES string of the molecule is COc1ccc(-c2nc(N)oc2C)cc1C(C)C. The van der Waals surface area contributed by atoms with Crippen LogP contribution in [0.1, 0.15) is 31.1 Å². The van der Waals surface area contributed by atoms with Gasteiger partial charge in [0.05, 0.1) is 7.11 Å². The van der Waals surface area contributed by atoms with E-state index in [0.717, 1.165) is 28.3 Å². The van der Waals surface area contributed by atoms with E-state index in [0.29, 0.717) is 5.92 Å². The Labute approximate surface area is 107 Å². The molecule has 0 spiro atoms. The van der Waals surface area contributed by atoms with Crippen LogP contribution in [0.2, 0.25) is 0 Å². The summed E-state index contributed by atoms with van der Waals surface area (Å²) < 4.78 is 10.6. The van der Waals surface area contributed by atoms with Crippen molar-refractivity contribution in [2.75, 3.05) is 12.8 Å². The number of nitrogens with two attached hydrogens (primary N) is 1. The number of aryl methyl sites for hydroxylation is 1. The topological polar surface area (TPSA) is 61.3 Å². The molecule has 1 aromatic heterocycles. The lowest BCUT2D eigenvalue weighted by Gasteiger charge is -2.12. The molecule has 2 aromatic rings. The van der Waals surface area contributed by atoms with E-state index in [-0.39, 0.29) is 6.01 Å². The summed E-state index contributed by atoms with van der Waals surface area (Å²) in [5.74, 6) is 2.00. The minimum Gasteiger partial charge on any atom is -0.496 e. The molecule has 1 heterocycles. The fraction of sp³-hybridized carbons (Fsp3) is 0.357. The number of nitrogens with zero attached hydrogens (tertiary/aromatic N) is 1. The second kappa shape index (κ2) is 4.72. The van der Waals surface area contributed by atoms with Gasteiger partial charge in [0.2, 0.25) is 0 Å². The van der Waals surface area contributed by atoms with Crippen molar-refractivity contribution in [3.8, 4) is 17.0 Å². The molecule has 0 radical (unpaired) electrons. The molecule has 0 bridgehead atoms. The zero-order chi connectivity index (χ0) is 13.3. The van der Waals surface area contributed by atoms with E-state index in [1.54, 1.807) is 7.11 Å². The smallest absolute Gasteiger partial charge is 0.292 e. The van der Waals surface area contributed by atoms with Gasteiger partial charge in [-0.15, -0.1) is 0 Å². The molecule has 0 aliphatic heterocycles. The molecule has 1 aromatic carbocycles. The van der Waals surface area contributed by atoms with Crippen molar-refractivity contribution in [3.05, 3.63) is 29.5 Å². The van der Waals surface area contributed by atoms with Crippen LogP contribution in [0.4, 0.5) is 6.01 Å². The Morgan fingerprint density at radius 3 is 2.56 bits per heavy atom. The molecule has 0 atom stereocenters. The lowest BCUT2D eigenvalue weighted by Crippen LogP contribution is -1.95. The van der Waals surface area contributed by atoms with E-state index in [9.17, 15) is 0 Å². The summed E-state index contributed by atoms with van der Waals surface area (Å²) in [5.41, 5.74) is 8.50. The van der Waals surface area contributed by atoms with E-state index in [2.05, 4.69) is 24.9 Å². The van der Waals surface area contributed by atoms with Gasteiger partial charge in [0.25, 0.3) is 6.01 Å². The second-order valence-corrected chi connectivity index (χ2v) is 4.57. The molecule has 0 amide bonds. The van der Waals surface area contributed by atoms with Gasteiger partial charge in [0.1, 0.15) is 17.2 Å². The van der Waals surface area contributed by atoms with Crippen LogP contribution in [-0.4, -0.2) is 12.1 Å². The Bertz CT molecular complexity index is 559. The number of oxazole rings is 1. The first-order chi connectivity index (χ1) is 8.52. The number of rotatable bonds is 3. The molecular weight excluding hydrogens is 228 g/mol. The average Bonchev–Trinajstić information content (AvgIpc) is 2.67. The maximum Gasteiger partial charge on any atom is 0.292 e. The first-order valence-corrected chi connectivity index (χ1v) is 5.94. The number of hydrogen-bond donors (Lipinski definition) is 1. The second-order valence-electron chi connectivity index (χ2n) is 4.57. The third-order valence-corrected chi connectivity index (χ3v) is 2.94. The molecule has 18 heavy (non-hydrogen) atoms. The molecule has 4 nitrogen and oxygen atoms in total. The van der Waals surface area contributed by atoms with Gasteiger partial charge in [-0.1, -0.05) is 13.8 Å². The number of ether oxygens (including phenoxy) is 1. The van der Waals surface area contributed by atoms with Gasteiger partial charge in [0, 0.05) is 5.56 Å². The predicted molar refractivity (Wildman–Crippen MR) is 71.7 cm³/mol. The van der Waals surface area contributed by atoms with Gasteiger partial charge in [0.15, 0.2) is 0 Å². The van der Waals surface area contributed by atoms with Crippen molar-refractivity contribution in [2.24, 2.45) is 0 Å². The molecule has 4 heteroatoms. The molecule has 0 saturated carbocycles. The predicted octanol–water partition coefficient (Wildman–Crippen LogP) is 3.36. The van der Waals surface area contributed by atoms with Gasteiger partial charge >= 0.3 is 0 Å². The molecule has 0 fully saturated rings. The number of aromatic nitrogens is 1. The average molecular weight is 246 g/mol. The minimum absolute atomic E-state index is 0.199. The zero-order valence-corrected chi connectivity index (χ0v) is 11.2. The number of anilines is 1. The van der Waals surface area contributed by atoms with Crippen LogP contribution in [0.25, 0.3) is 11.3 Å². The summed E-state index contributed by atoms with van der Waals surface area (Å²) in [5, 5.41) is 0. The van der Waals surface area contributed by atoms with Crippen molar-refractivity contribution in [3.63, 3.8) is 0 Å². The highest BCUT2D eigenvalue weighted by Crippen LogP contribution is 2.32. The first-order valence-electron chi connectivity index (χ1n) is 5.94.